The van der Waals surface area contributed by atoms with Crippen LogP contribution >= 0.6 is 0 Å². The molecular weight excluding hydrogens is 202 g/mol. The Morgan fingerprint density at radius 2 is 2.19 bits per heavy atom. The summed E-state index contributed by atoms with van der Waals surface area (Å²) < 4.78 is 1.92. The van der Waals surface area contributed by atoms with E-state index in [4.69, 9.17) is 0 Å². The molecule has 0 aromatic carbocycles. The molecule has 0 aliphatic carbocycles. The summed E-state index contributed by atoms with van der Waals surface area (Å²) in [6, 6.07) is 0. The molecule has 0 aliphatic rings. The highest BCUT2D eigenvalue weighted by molar-refractivity contribution is 5.40. The number of anilines is 1. The number of nitrogens with one attached hydrogen (secondary N) is 1. The van der Waals surface area contributed by atoms with Gasteiger partial charge in [0.2, 0.25) is 5.95 Å². The molecule has 2 rings (SSSR count). The Hall–Kier alpha value is -2.17. The minimum Gasteiger partial charge on any atom is -0.352 e. The monoisotopic (exact) mass is 215 g/mol. The maximum Gasteiger partial charge on any atom is 0.208 e. The fourth-order valence-corrected chi connectivity index (χ4v) is 1.40. The van der Waals surface area contributed by atoms with Gasteiger partial charge in [0.25, 0.3) is 0 Å². The Balaban J connectivity index is 2.36. The average Bonchev–Trinajstić information content (AvgIpc) is 2.69. The maximum absolute atomic E-state index is 4.37. The van der Waals surface area contributed by atoms with Crippen molar-refractivity contribution in [3.8, 4) is 5.69 Å². The van der Waals surface area contributed by atoms with Crippen molar-refractivity contribution in [2.45, 2.75) is 6.92 Å². The van der Waals surface area contributed by atoms with Crippen molar-refractivity contribution in [1.82, 2.24) is 19.5 Å². The zero-order chi connectivity index (χ0) is 11.4. The molecule has 5 heteroatoms. The zero-order valence-electron chi connectivity index (χ0n) is 9.09. The molecule has 0 amide bonds. The summed E-state index contributed by atoms with van der Waals surface area (Å²) in [5.74, 6) is 0.771. The van der Waals surface area contributed by atoms with Gasteiger partial charge in [-0.05, 0) is 6.92 Å². The molecule has 2 aromatic heterocycles. The smallest absolute Gasteiger partial charge is 0.208 e. The third-order valence-electron chi connectivity index (χ3n) is 2.06. The molecule has 0 spiro atoms. The van der Waals surface area contributed by atoms with Crippen molar-refractivity contribution in [2.75, 3.05) is 11.9 Å². The summed E-state index contributed by atoms with van der Waals surface area (Å²) in [6.07, 6.45) is 8.71. The molecule has 0 unspecified atom stereocenters. The SMILES string of the molecule is C=CCNc1nc(C)cn1-c1cncnc1. The summed E-state index contributed by atoms with van der Waals surface area (Å²) in [5.41, 5.74) is 1.82. The third kappa shape index (κ3) is 2.08. The lowest BCUT2D eigenvalue weighted by molar-refractivity contribution is 0.999. The van der Waals surface area contributed by atoms with E-state index < -0.39 is 0 Å². The maximum atomic E-state index is 4.37. The summed E-state index contributed by atoms with van der Waals surface area (Å²) >= 11 is 0. The number of rotatable bonds is 4. The van der Waals surface area contributed by atoms with Gasteiger partial charge in [0.05, 0.1) is 23.8 Å². The van der Waals surface area contributed by atoms with Crippen molar-refractivity contribution < 1.29 is 0 Å². The lowest BCUT2D eigenvalue weighted by atomic mass is 10.5. The second-order valence-electron chi connectivity index (χ2n) is 3.34. The average molecular weight is 215 g/mol. The first-order valence-electron chi connectivity index (χ1n) is 4.97. The molecule has 0 fully saturated rings. The quantitative estimate of drug-likeness (QED) is 0.786. The van der Waals surface area contributed by atoms with Gasteiger partial charge in [-0.1, -0.05) is 6.08 Å². The van der Waals surface area contributed by atoms with Gasteiger partial charge in [-0.3, -0.25) is 4.57 Å². The van der Waals surface area contributed by atoms with Crippen LogP contribution in [-0.2, 0) is 0 Å². The molecule has 2 aromatic rings. The van der Waals surface area contributed by atoms with Crippen LogP contribution in [0.2, 0.25) is 0 Å². The Kier molecular flexibility index (Phi) is 2.95. The highest BCUT2D eigenvalue weighted by atomic mass is 15.2. The van der Waals surface area contributed by atoms with E-state index in [-0.39, 0.29) is 0 Å². The lowest BCUT2D eigenvalue weighted by Crippen LogP contribution is -2.05. The zero-order valence-corrected chi connectivity index (χ0v) is 9.09. The Bertz CT molecular complexity index is 474. The molecular formula is C11H13N5. The first-order valence-corrected chi connectivity index (χ1v) is 4.97. The van der Waals surface area contributed by atoms with E-state index in [0.717, 1.165) is 17.3 Å². The minimum absolute atomic E-state index is 0.671. The van der Waals surface area contributed by atoms with E-state index in [9.17, 15) is 0 Å². The fourth-order valence-electron chi connectivity index (χ4n) is 1.40. The fraction of sp³-hybridized carbons (Fsp3) is 0.182. The number of hydrogen-bond acceptors (Lipinski definition) is 4. The van der Waals surface area contributed by atoms with Crippen LogP contribution in [0.4, 0.5) is 5.95 Å². The molecule has 0 aliphatic heterocycles. The molecule has 82 valence electrons. The predicted octanol–water partition coefficient (Wildman–Crippen LogP) is 1.57. The van der Waals surface area contributed by atoms with Crippen LogP contribution < -0.4 is 5.32 Å². The van der Waals surface area contributed by atoms with Crippen LogP contribution in [0, 0.1) is 6.92 Å². The second kappa shape index (κ2) is 4.57. The Morgan fingerprint density at radius 1 is 1.44 bits per heavy atom. The predicted molar refractivity (Wildman–Crippen MR) is 62.6 cm³/mol. The largest absolute Gasteiger partial charge is 0.352 e. The van der Waals surface area contributed by atoms with Gasteiger partial charge >= 0.3 is 0 Å². The number of aryl methyl sites for hydroxylation is 1. The van der Waals surface area contributed by atoms with E-state index in [2.05, 4.69) is 26.8 Å². The Labute approximate surface area is 93.9 Å². The van der Waals surface area contributed by atoms with E-state index in [1.807, 2.05) is 17.7 Å². The number of hydrogen-bond donors (Lipinski definition) is 1. The van der Waals surface area contributed by atoms with Gasteiger partial charge in [-0.2, -0.15) is 0 Å². The van der Waals surface area contributed by atoms with E-state index >= 15 is 0 Å². The van der Waals surface area contributed by atoms with E-state index in [0.29, 0.717) is 6.54 Å². The van der Waals surface area contributed by atoms with Gasteiger partial charge in [0.1, 0.15) is 6.33 Å². The summed E-state index contributed by atoms with van der Waals surface area (Å²) in [7, 11) is 0. The summed E-state index contributed by atoms with van der Waals surface area (Å²) in [6.45, 7) is 6.28. The Morgan fingerprint density at radius 3 is 2.88 bits per heavy atom. The number of imidazole rings is 1. The number of nitrogens with zero attached hydrogens (tertiary/aromatic N) is 4. The first-order chi connectivity index (χ1) is 7.81. The van der Waals surface area contributed by atoms with Crippen molar-refractivity contribution in [2.24, 2.45) is 0 Å². The molecule has 0 bridgehead atoms. The lowest BCUT2D eigenvalue weighted by Gasteiger charge is -2.06. The minimum atomic E-state index is 0.671. The van der Waals surface area contributed by atoms with Crippen LogP contribution in [0.15, 0.2) is 37.6 Å². The molecule has 0 atom stereocenters. The van der Waals surface area contributed by atoms with Crippen molar-refractivity contribution in [1.29, 1.82) is 0 Å². The molecule has 0 saturated carbocycles. The molecule has 2 heterocycles. The second-order valence-corrected chi connectivity index (χ2v) is 3.34. The van der Waals surface area contributed by atoms with Crippen LogP contribution in [0.3, 0.4) is 0 Å². The highest BCUT2D eigenvalue weighted by Gasteiger charge is 2.06. The van der Waals surface area contributed by atoms with Crippen LogP contribution in [0.25, 0.3) is 5.69 Å². The molecule has 16 heavy (non-hydrogen) atoms. The van der Waals surface area contributed by atoms with Crippen LogP contribution in [-0.4, -0.2) is 26.1 Å². The van der Waals surface area contributed by atoms with Gasteiger partial charge in [0.15, 0.2) is 0 Å². The van der Waals surface area contributed by atoms with Crippen molar-refractivity contribution in [3.63, 3.8) is 0 Å². The van der Waals surface area contributed by atoms with E-state index in [1.165, 1.54) is 6.33 Å². The van der Waals surface area contributed by atoms with Gasteiger partial charge in [0, 0.05) is 12.7 Å². The normalized spacial score (nSPS) is 10.1. The van der Waals surface area contributed by atoms with Crippen molar-refractivity contribution >= 4 is 5.95 Å². The topological polar surface area (TPSA) is 55.6 Å². The molecule has 0 saturated heterocycles. The summed E-state index contributed by atoms with van der Waals surface area (Å²) in [5, 5.41) is 3.16. The van der Waals surface area contributed by atoms with Gasteiger partial charge in [-0.25, -0.2) is 15.0 Å². The number of aromatic nitrogens is 4. The first kappa shape index (κ1) is 10.4. The van der Waals surface area contributed by atoms with Gasteiger partial charge in [-0.15, -0.1) is 6.58 Å². The molecule has 1 N–H and O–H groups in total. The van der Waals surface area contributed by atoms with Crippen LogP contribution in [0.1, 0.15) is 5.69 Å². The molecule has 5 nitrogen and oxygen atoms in total. The van der Waals surface area contributed by atoms with Crippen molar-refractivity contribution in [3.05, 3.63) is 43.3 Å². The van der Waals surface area contributed by atoms with Gasteiger partial charge < -0.3 is 5.32 Å². The van der Waals surface area contributed by atoms with Crippen LogP contribution in [0.5, 0.6) is 0 Å². The standard InChI is InChI=1S/C11H13N5/c1-3-4-14-11-15-9(2)7-16(11)10-5-12-8-13-6-10/h3,5-8H,1,4H2,2H3,(H,14,15). The molecule has 0 radical (unpaired) electrons. The summed E-state index contributed by atoms with van der Waals surface area (Å²) in [4.78, 5) is 12.3. The third-order valence-corrected chi connectivity index (χ3v) is 2.06. The highest BCUT2D eigenvalue weighted by Crippen LogP contribution is 2.14. The van der Waals surface area contributed by atoms with E-state index in [1.54, 1.807) is 18.5 Å².